The van der Waals surface area contributed by atoms with Crippen LogP contribution in [0, 0.1) is 6.92 Å². The molecular weight excluding hydrogens is 372 g/mol. The second-order valence-electron chi connectivity index (χ2n) is 6.56. The molecular formula is C22H22N2O5. The Morgan fingerprint density at radius 1 is 1.10 bits per heavy atom. The first kappa shape index (κ1) is 20.1. The first-order valence-corrected chi connectivity index (χ1v) is 9.15. The molecule has 0 saturated heterocycles. The highest BCUT2D eigenvalue weighted by Crippen LogP contribution is 2.24. The fourth-order valence-corrected chi connectivity index (χ4v) is 3.10. The van der Waals surface area contributed by atoms with E-state index in [0.29, 0.717) is 28.1 Å². The highest BCUT2D eigenvalue weighted by Gasteiger charge is 2.14. The van der Waals surface area contributed by atoms with Gasteiger partial charge in [0.25, 0.3) is 5.91 Å². The fraction of sp³-hybridized carbons (Fsp3) is 0.227. The second kappa shape index (κ2) is 8.60. The maximum atomic E-state index is 12.4. The van der Waals surface area contributed by atoms with E-state index in [-0.39, 0.29) is 24.7 Å². The first-order valence-electron chi connectivity index (χ1n) is 9.15. The third-order valence-corrected chi connectivity index (χ3v) is 4.75. The van der Waals surface area contributed by atoms with Crippen LogP contribution in [-0.2, 0) is 11.2 Å². The van der Waals surface area contributed by atoms with Gasteiger partial charge in [0.2, 0.25) is 5.91 Å². The lowest BCUT2D eigenvalue weighted by Crippen LogP contribution is -2.18. The summed E-state index contributed by atoms with van der Waals surface area (Å²) in [6.45, 7) is 1.84. The van der Waals surface area contributed by atoms with E-state index in [4.69, 9.17) is 9.15 Å². The maximum absolute atomic E-state index is 12.4. The van der Waals surface area contributed by atoms with Gasteiger partial charge in [0.15, 0.2) is 0 Å². The summed E-state index contributed by atoms with van der Waals surface area (Å²) in [6.07, 6.45) is 0.392. The van der Waals surface area contributed by atoms with Crippen molar-refractivity contribution >= 4 is 28.5 Å². The molecule has 0 radical (unpaired) electrons. The molecule has 0 aliphatic carbocycles. The molecule has 2 amide bonds. The van der Waals surface area contributed by atoms with Crippen LogP contribution >= 0.6 is 0 Å². The molecule has 0 atom stereocenters. The number of carbonyl (C=O) groups is 2. The van der Waals surface area contributed by atoms with E-state index in [1.165, 1.54) is 0 Å². The number of amides is 2. The van der Waals surface area contributed by atoms with E-state index in [1.807, 2.05) is 13.0 Å². The Balaban J connectivity index is 1.70. The number of hydrogen-bond donors (Lipinski definition) is 2. The summed E-state index contributed by atoms with van der Waals surface area (Å²) in [5.41, 5.74) is 2.36. The number of fused-ring (bicyclic) bond motifs is 1. The van der Waals surface area contributed by atoms with Crippen LogP contribution in [0.2, 0.25) is 0 Å². The Bertz CT molecular complexity index is 1120. The molecule has 0 aliphatic rings. The number of aryl methyl sites for hydroxylation is 1. The van der Waals surface area contributed by atoms with Crippen LogP contribution < -0.4 is 21.0 Å². The average molecular weight is 394 g/mol. The normalized spacial score (nSPS) is 10.6. The molecule has 0 saturated carbocycles. The zero-order chi connectivity index (χ0) is 21.0. The van der Waals surface area contributed by atoms with Crippen molar-refractivity contribution < 1.29 is 18.7 Å². The van der Waals surface area contributed by atoms with Gasteiger partial charge in [-0.25, -0.2) is 4.79 Å². The van der Waals surface area contributed by atoms with Crippen LogP contribution in [0.3, 0.4) is 0 Å². The Kier molecular flexibility index (Phi) is 5.97. The van der Waals surface area contributed by atoms with Gasteiger partial charge in [0, 0.05) is 41.7 Å². The highest BCUT2D eigenvalue weighted by atomic mass is 16.5. The van der Waals surface area contributed by atoms with Crippen LogP contribution in [0.4, 0.5) is 5.69 Å². The van der Waals surface area contributed by atoms with Crippen molar-refractivity contribution in [2.24, 2.45) is 0 Å². The molecule has 29 heavy (non-hydrogen) atoms. The molecule has 0 spiro atoms. The van der Waals surface area contributed by atoms with Gasteiger partial charge in [-0.05, 0) is 55.3 Å². The average Bonchev–Trinajstić information content (AvgIpc) is 2.73. The molecule has 0 fully saturated rings. The number of carbonyl (C=O) groups excluding carboxylic acids is 2. The molecule has 2 aromatic carbocycles. The predicted molar refractivity (Wildman–Crippen MR) is 111 cm³/mol. The lowest BCUT2D eigenvalue weighted by molar-refractivity contribution is -0.116. The van der Waals surface area contributed by atoms with Gasteiger partial charge in [-0.3, -0.25) is 9.59 Å². The van der Waals surface area contributed by atoms with Gasteiger partial charge in [-0.15, -0.1) is 0 Å². The molecule has 1 heterocycles. The summed E-state index contributed by atoms with van der Waals surface area (Å²) in [5.74, 6) is 0.180. The van der Waals surface area contributed by atoms with Crippen LogP contribution in [0.1, 0.15) is 27.9 Å². The summed E-state index contributed by atoms with van der Waals surface area (Å²) < 4.78 is 10.6. The summed E-state index contributed by atoms with van der Waals surface area (Å²) >= 11 is 0. The third-order valence-electron chi connectivity index (χ3n) is 4.75. The molecule has 1 aromatic heterocycles. The fourth-order valence-electron chi connectivity index (χ4n) is 3.10. The van der Waals surface area contributed by atoms with E-state index < -0.39 is 5.63 Å². The first-order chi connectivity index (χ1) is 13.9. The number of ether oxygens (including phenoxy) is 1. The van der Waals surface area contributed by atoms with Crippen molar-refractivity contribution in [1.29, 1.82) is 0 Å². The van der Waals surface area contributed by atoms with Crippen molar-refractivity contribution in [1.82, 2.24) is 5.32 Å². The number of benzene rings is 2. The quantitative estimate of drug-likeness (QED) is 0.626. The summed E-state index contributed by atoms with van der Waals surface area (Å²) in [4.78, 5) is 36.2. The third kappa shape index (κ3) is 4.45. The van der Waals surface area contributed by atoms with E-state index in [9.17, 15) is 14.4 Å². The summed E-state index contributed by atoms with van der Waals surface area (Å²) in [7, 11) is 3.10. The molecule has 150 valence electrons. The van der Waals surface area contributed by atoms with Crippen molar-refractivity contribution in [3.63, 3.8) is 0 Å². The minimum absolute atomic E-state index is 0.129. The maximum Gasteiger partial charge on any atom is 0.339 e. The Morgan fingerprint density at radius 2 is 1.83 bits per heavy atom. The minimum Gasteiger partial charge on any atom is -0.497 e. The zero-order valence-corrected chi connectivity index (χ0v) is 16.5. The van der Waals surface area contributed by atoms with Crippen molar-refractivity contribution in [3.05, 3.63) is 69.6 Å². The summed E-state index contributed by atoms with van der Waals surface area (Å²) in [6, 6.07) is 11.9. The van der Waals surface area contributed by atoms with E-state index in [1.54, 1.807) is 50.6 Å². The molecule has 3 rings (SSSR count). The number of methoxy groups -OCH3 is 1. The van der Waals surface area contributed by atoms with E-state index in [2.05, 4.69) is 10.6 Å². The number of hydrogen-bond acceptors (Lipinski definition) is 5. The largest absolute Gasteiger partial charge is 0.497 e. The molecule has 3 aromatic rings. The van der Waals surface area contributed by atoms with E-state index >= 15 is 0 Å². The van der Waals surface area contributed by atoms with E-state index in [0.717, 1.165) is 10.9 Å². The van der Waals surface area contributed by atoms with Crippen molar-refractivity contribution in [2.75, 3.05) is 19.5 Å². The van der Waals surface area contributed by atoms with Crippen LogP contribution in [0.5, 0.6) is 5.75 Å². The molecule has 7 nitrogen and oxygen atoms in total. The standard InChI is InChI=1S/C22H22N2O5/c1-13-17-9-8-16(28-3)12-19(17)29-22(27)18(13)10-11-20(25)24-15-6-4-14(5-7-15)21(26)23-2/h4-9,12H,10-11H2,1-3H3,(H,23,26)(H,24,25). The van der Waals surface area contributed by atoms with Gasteiger partial charge in [0.05, 0.1) is 7.11 Å². The lowest BCUT2D eigenvalue weighted by Gasteiger charge is -2.09. The molecule has 0 unspecified atom stereocenters. The van der Waals surface area contributed by atoms with Gasteiger partial charge >= 0.3 is 5.63 Å². The van der Waals surface area contributed by atoms with Gasteiger partial charge in [0.1, 0.15) is 11.3 Å². The minimum atomic E-state index is -0.453. The topological polar surface area (TPSA) is 97.6 Å². The summed E-state index contributed by atoms with van der Waals surface area (Å²) in [5, 5.41) is 6.12. The number of rotatable bonds is 6. The number of anilines is 1. The molecule has 0 bridgehead atoms. The molecule has 2 N–H and O–H groups in total. The van der Waals surface area contributed by atoms with Gasteiger partial charge < -0.3 is 19.8 Å². The van der Waals surface area contributed by atoms with Crippen molar-refractivity contribution in [2.45, 2.75) is 19.8 Å². The van der Waals surface area contributed by atoms with Gasteiger partial charge in [-0.1, -0.05) is 0 Å². The Labute approximate surface area is 167 Å². The number of nitrogens with one attached hydrogen (secondary N) is 2. The SMILES string of the molecule is CNC(=O)c1ccc(NC(=O)CCc2c(C)c3ccc(OC)cc3oc2=O)cc1. The van der Waals surface area contributed by atoms with Gasteiger partial charge in [-0.2, -0.15) is 0 Å². The zero-order valence-electron chi connectivity index (χ0n) is 16.5. The smallest absolute Gasteiger partial charge is 0.339 e. The van der Waals surface area contributed by atoms with Crippen LogP contribution in [-0.4, -0.2) is 26.0 Å². The Morgan fingerprint density at radius 3 is 2.48 bits per heavy atom. The predicted octanol–water partition coefficient (Wildman–Crippen LogP) is 3.04. The molecule has 7 heteroatoms. The Hall–Kier alpha value is -3.61. The molecule has 0 aliphatic heterocycles. The van der Waals surface area contributed by atoms with Crippen molar-refractivity contribution in [3.8, 4) is 5.75 Å². The van der Waals surface area contributed by atoms with Crippen LogP contribution in [0.25, 0.3) is 11.0 Å². The lowest BCUT2D eigenvalue weighted by atomic mass is 10.0. The second-order valence-corrected chi connectivity index (χ2v) is 6.56. The van der Waals surface area contributed by atoms with Crippen LogP contribution in [0.15, 0.2) is 51.7 Å². The highest BCUT2D eigenvalue weighted by molar-refractivity contribution is 5.95. The monoisotopic (exact) mass is 394 g/mol.